The van der Waals surface area contributed by atoms with E-state index in [0.717, 1.165) is 37.8 Å². The SMILES string of the molecule is CCc1nn(C)c(C(=O)OC2CCCCCC2)c1N. The highest BCUT2D eigenvalue weighted by Crippen LogP contribution is 2.23. The molecule has 0 aliphatic heterocycles. The number of nitrogens with two attached hydrogens (primary N) is 1. The molecule has 5 nitrogen and oxygen atoms in total. The van der Waals surface area contributed by atoms with Crippen LogP contribution in [0.1, 0.15) is 61.6 Å². The van der Waals surface area contributed by atoms with Crippen LogP contribution in [0, 0.1) is 0 Å². The van der Waals surface area contributed by atoms with Crippen LogP contribution in [0.15, 0.2) is 0 Å². The summed E-state index contributed by atoms with van der Waals surface area (Å²) in [4.78, 5) is 12.2. The lowest BCUT2D eigenvalue weighted by Gasteiger charge is -2.15. The highest BCUT2D eigenvalue weighted by atomic mass is 16.5. The standard InChI is InChI=1S/C14H23N3O2/c1-3-11-12(15)13(17(2)16-11)14(18)19-10-8-6-4-5-7-9-10/h10H,3-9,15H2,1-2H3. The van der Waals surface area contributed by atoms with Gasteiger partial charge < -0.3 is 10.5 Å². The molecular weight excluding hydrogens is 242 g/mol. The Kier molecular flexibility index (Phi) is 4.45. The molecule has 1 aliphatic carbocycles. The minimum absolute atomic E-state index is 0.0365. The summed E-state index contributed by atoms with van der Waals surface area (Å²) in [6, 6.07) is 0. The Labute approximate surface area is 114 Å². The average Bonchev–Trinajstić information content (AvgIpc) is 2.57. The van der Waals surface area contributed by atoms with Crippen molar-refractivity contribution in [3.8, 4) is 0 Å². The van der Waals surface area contributed by atoms with Crippen LogP contribution in [0.4, 0.5) is 5.69 Å². The molecule has 19 heavy (non-hydrogen) atoms. The van der Waals surface area contributed by atoms with Gasteiger partial charge in [-0.05, 0) is 32.1 Å². The molecule has 0 aromatic carbocycles. The number of aromatic nitrogens is 2. The van der Waals surface area contributed by atoms with Gasteiger partial charge in [0.1, 0.15) is 6.10 Å². The molecule has 0 amide bonds. The van der Waals surface area contributed by atoms with Gasteiger partial charge in [-0.3, -0.25) is 4.68 Å². The number of carbonyl (C=O) groups is 1. The lowest BCUT2D eigenvalue weighted by atomic mass is 10.1. The van der Waals surface area contributed by atoms with E-state index in [9.17, 15) is 4.79 Å². The molecule has 0 radical (unpaired) electrons. The summed E-state index contributed by atoms with van der Waals surface area (Å²) in [6.45, 7) is 1.97. The van der Waals surface area contributed by atoms with Crippen LogP contribution in [0.3, 0.4) is 0 Å². The van der Waals surface area contributed by atoms with Crippen LogP contribution in [0.2, 0.25) is 0 Å². The maximum Gasteiger partial charge on any atom is 0.359 e. The van der Waals surface area contributed by atoms with E-state index in [2.05, 4.69) is 5.10 Å². The Balaban J connectivity index is 2.08. The van der Waals surface area contributed by atoms with Crippen LogP contribution in [-0.2, 0) is 18.2 Å². The molecule has 1 fully saturated rings. The summed E-state index contributed by atoms with van der Waals surface area (Å²) >= 11 is 0. The second-order valence-corrected chi connectivity index (χ2v) is 5.21. The van der Waals surface area contributed by atoms with Crippen molar-refractivity contribution in [2.75, 3.05) is 5.73 Å². The van der Waals surface area contributed by atoms with Gasteiger partial charge in [0, 0.05) is 7.05 Å². The molecule has 1 aliphatic rings. The zero-order valence-electron chi connectivity index (χ0n) is 11.8. The number of ether oxygens (including phenoxy) is 1. The van der Waals surface area contributed by atoms with Gasteiger partial charge in [0.15, 0.2) is 5.69 Å². The van der Waals surface area contributed by atoms with Gasteiger partial charge in [-0.1, -0.05) is 19.8 Å². The molecule has 106 valence electrons. The van der Waals surface area contributed by atoms with Gasteiger partial charge in [0.05, 0.1) is 11.4 Å². The van der Waals surface area contributed by atoms with Gasteiger partial charge in [0.25, 0.3) is 0 Å². The molecular formula is C14H23N3O2. The van der Waals surface area contributed by atoms with E-state index in [0.29, 0.717) is 11.4 Å². The average molecular weight is 265 g/mol. The summed E-state index contributed by atoms with van der Waals surface area (Å²) in [6.07, 6.45) is 7.43. The molecule has 0 atom stereocenters. The topological polar surface area (TPSA) is 70.1 Å². The first-order valence-corrected chi connectivity index (χ1v) is 7.15. The fraction of sp³-hybridized carbons (Fsp3) is 0.714. The number of anilines is 1. The van der Waals surface area contributed by atoms with Gasteiger partial charge in [-0.25, -0.2) is 4.79 Å². The summed E-state index contributed by atoms with van der Waals surface area (Å²) in [5.74, 6) is -0.334. The van der Waals surface area contributed by atoms with Crippen molar-refractivity contribution in [3.63, 3.8) is 0 Å². The third kappa shape index (κ3) is 3.08. The second-order valence-electron chi connectivity index (χ2n) is 5.21. The third-order valence-corrected chi connectivity index (χ3v) is 3.76. The summed E-state index contributed by atoms with van der Waals surface area (Å²) in [5, 5.41) is 4.25. The van der Waals surface area contributed by atoms with Gasteiger partial charge in [-0.2, -0.15) is 5.10 Å². The highest BCUT2D eigenvalue weighted by Gasteiger charge is 2.24. The molecule has 0 spiro atoms. The normalized spacial score (nSPS) is 17.2. The number of hydrogen-bond acceptors (Lipinski definition) is 4. The molecule has 1 aromatic rings. The van der Waals surface area contributed by atoms with Crippen LogP contribution in [0.25, 0.3) is 0 Å². The molecule has 2 rings (SSSR count). The van der Waals surface area contributed by atoms with Crippen molar-refractivity contribution in [1.29, 1.82) is 0 Å². The molecule has 2 N–H and O–H groups in total. The Morgan fingerprint density at radius 1 is 1.37 bits per heavy atom. The fourth-order valence-electron chi connectivity index (χ4n) is 2.67. The van der Waals surface area contributed by atoms with Gasteiger partial charge in [-0.15, -0.1) is 0 Å². The van der Waals surface area contributed by atoms with E-state index in [4.69, 9.17) is 10.5 Å². The fourth-order valence-corrected chi connectivity index (χ4v) is 2.67. The molecule has 0 unspecified atom stereocenters. The maximum atomic E-state index is 12.2. The lowest BCUT2D eigenvalue weighted by Crippen LogP contribution is -2.20. The zero-order valence-corrected chi connectivity index (χ0v) is 11.8. The number of rotatable bonds is 3. The van der Waals surface area contributed by atoms with E-state index in [-0.39, 0.29) is 12.1 Å². The smallest absolute Gasteiger partial charge is 0.359 e. The Bertz CT molecular complexity index is 446. The predicted octanol–water partition coefficient (Wildman–Crippen LogP) is 2.44. The summed E-state index contributed by atoms with van der Waals surface area (Å²) in [5.41, 5.74) is 7.58. The first-order chi connectivity index (χ1) is 9.13. The second kappa shape index (κ2) is 6.08. The number of aryl methyl sites for hydroxylation is 2. The van der Waals surface area contributed by atoms with E-state index in [1.807, 2.05) is 6.92 Å². The summed E-state index contributed by atoms with van der Waals surface area (Å²) < 4.78 is 7.13. The molecule has 1 aromatic heterocycles. The Morgan fingerprint density at radius 2 is 2.00 bits per heavy atom. The molecule has 1 heterocycles. The predicted molar refractivity (Wildman–Crippen MR) is 73.9 cm³/mol. The van der Waals surface area contributed by atoms with Gasteiger partial charge in [0.2, 0.25) is 0 Å². The van der Waals surface area contributed by atoms with Crippen LogP contribution in [0.5, 0.6) is 0 Å². The minimum Gasteiger partial charge on any atom is -0.458 e. The van der Waals surface area contributed by atoms with Crippen LogP contribution in [-0.4, -0.2) is 21.9 Å². The van der Waals surface area contributed by atoms with E-state index < -0.39 is 0 Å². The largest absolute Gasteiger partial charge is 0.458 e. The van der Waals surface area contributed by atoms with E-state index in [1.165, 1.54) is 17.5 Å². The molecule has 0 saturated heterocycles. The van der Waals surface area contributed by atoms with Crippen molar-refractivity contribution in [2.45, 2.75) is 58.0 Å². The molecule has 5 heteroatoms. The number of hydrogen-bond donors (Lipinski definition) is 1. The van der Waals surface area contributed by atoms with Crippen molar-refractivity contribution in [1.82, 2.24) is 9.78 Å². The van der Waals surface area contributed by atoms with Crippen LogP contribution >= 0.6 is 0 Å². The number of carbonyl (C=O) groups excluding carboxylic acids is 1. The van der Waals surface area contributed by atoms with Gasteiger partial charge >= 0.3 is 5.97 Å². The Morgan fingerprint density at radius 3 is 2.53 bits per heavy atom. The van der Waals surface area contributed by atoms with Crippen LogP contribution < -0.4 is 5.73 Å². The first-order valence-electron chi connectivity index (χ1n) is 7.15. The number of nitrogen functional groups attached to an aromatic ring is 1. The van der Waals surface area contributed by atoms with Crippen molar-refractivity contribution < 1.29 is 9.53 Å². The zero-order chi connectivity index (χ0) is 13.8. The van der Waals surface area contributed by atoms with E-state index in [1.54, 1.807) is 7.05 Å². The maximum absolute atomic E-state index is 12.2. The lowest BCUT2D eigenvalue weighted by molar-refractivity contribution is 0.0256. The quantitative estimate of drug-likeness (QED) is 0.673. The molecule has 1 saturated carbocycles. The number of esters is 1. The molecule has 0 bridgehead atoms. The van der Waals surface area contributed by atoms with E-state index >= 15 is 0 Å². The third-order valence-electron chi connectivity index (χ3n) is 3.76. The van der Waals surface area contributed by atoms with Crippen molar-refractivity contribution in [2.24, 2.45) is 7.05 Å². The minimum atomic E-state index is -0.334. The first kappa shape index (κ1) is 13.9. The van der Waals surface area contributed by atoms with Crippen molar-refractivity contribution >= 4 is 11.7 Å². The highest BCUT2D eigenvalue weighted by molar-refractivity contribution is 5.93. The number of nitrogens with zero attached hydrogens (tertiary/aromatic N) is 2. The Hall–Kier alpha value is -1.52. The monoisotopic (exact) mass is 265 g/mol. The summed E-state index contributed by atoms with van der Waals surface area (Å²) in [7, 11) is 1.74. The van der Waals surface area contributed by atoms with Crippen molar-refractivity contribution in [3.05, 3.63) is 11.4 Å².